The number of phenolic OH excluding ortho intramolecular Hbond substituents is 1. The van der Waals surface area contributed by atoms with Crippen molar-refractivity contribution < 1.29 is 9.50 Å². The highest BCUT2D eigenvalue weighted by molar-refractivity contribution is 9.11. The fourth-order valence-corrected chi connectivity index (χ4v) is 3.32. The molecule has 100 valence electrons. The second-order valence-electron chi connectivity index (χ2n) is 3.89. The van der Waals surface area contributed by atoms with Crippen LogP contribution in [0.3, 0.4) is 0 Å². The molecule has 0 aliphatic carbocycles. The molecular weight excluding hydrogens is 445 g/mol. The molecule has 0 spiro atoms. The van der Waals surface area contributed by atoms with Gasteiger partial charge in [0.05, 0.1) is 8.95 Å². The molecule has 19 heavy (non-hydrogen) atoms. The van der Waals surface area contributed by atoms with Gasteiger partial charge in [0, 0.05) is 16.7 Å². The van der Waals surface area contributed by atoms with E-state index in [1.807, 2.05) is 12.1 Å². The number of hydrogen-bond donors (Lipinski definition) is 2. The quantitative estimate of drug-likeness (QED) is 0.649. The molecule has 0 saturated heterocycles. The molecule has 6 heteroatoms. The van der Waals surface area contributed by atoms with E-state index in [1.54, 1.807) is 6.07 Å². The smallest absolute Gasteiger partial charge is 0.143 e. The van der Waals surface area contributed by atoms with Crippen molar-refractivity contribution in [3.8, 4) is 5.75 Å². The molecule has 0 saturated carbocycles. The first-order chi connectivity index (χ1) is 8.97. The molecule has 0 aliphatic heterocycles. The monoisotopic (exact) mass is 451 g/mol. The lowest BCUT2D eigenvalue weighted by molar-refractivity contribution is 0.468. The SMILES string of the molecule is Oc1c(Br)cc(CNc2ccc(F)cc2Br)cc1Br. The van der Waals surface area contributed by atoms with E-state index in [-0.39, 0.29) is 11.6 Å². The lowest BCUT2D eigenvalue weighted by Crippen LogP contribution is -2.00. The van der Waals surface area contributed by atoms with Crippen molar-refractivity contribution in [3.05, 3.63) is 55.1 Å². The van der Waals surface area contributed by atoms with E-state index in [9.17, 15) is 9.50 Å². The van der Waals surface area contributed by atoms with Crippen molar-refractivity contribution in [3.63, 3.8) is 0 Å². The standard InChI is InChI=1S/C13H9Br3FNO/c14-9-5-8(17)1-2-12(9)18-6-7-3-10(15)13(19)11(16)4-7/h1-5,18-19H,6H2. The zero-order chi connectivity index (χ0) is 14.0. The van der Waals surface area contributed by atoms with Gasteiger partial charge in [0.25, 0.3) is 0 Å². The van der Waals surface area contributed by atoms with Gasteiger partial charge in [-0.2, -0.15) is 0 Å². The third kappa shape index (κ3) is 3.70. The molecule has 2 rings (SSSR count). The van der Waals surface area contributed by atoms with Gasteiger partial charge in [-0.15, -0.1) is 0 Å². The van der Waals surface area contributed by atoms with Gasteiger partial charge >= 0.3 is 0 Å². The minimum Gasteiger partial charge on any atom is -0.506 e. The Kier molecular flexibility index (Phi) is 4.86. The van der Waals surface area contributed by atoms with Gasteiger partial charge in [-0.05, 0) is 83.7 Å². The first-order valence-electron chi connectivity index (χ1n) is 5.33. The summed E-state index contributed by atoms with van der Waals surface area (Å²) in [6.07, 6.45) is 0. The van der Waals surface area contributed by atoms with E-state index < -0.39 is 0 Å². The molecule has 0 radical (unpaired) electrons. The van der Waals surface area contributed by atoms with E-state index in [4.69, 9.17) is 0 Å². The Balaban J connectivity index is 2.14. The number of phenols is 1. The number of benzene rings is 2. The van der Waals surface area contributed by atoms with E-state index >= 15 is 0 Å². The fraction of sp³-hybridized carbons (Fsp3) is 0.0769. The van der Waals surface area contributed by atoms with Crippen molar-refractivity contribution >= 4 is 53.5 Å². The van der Waals surface area contributed by atoms with E-state index in [0.29, 0.717) is 20.0 Å². The molecule has 0 amide bonds. The highest BCUT2D eigenvalue weighted by Crippen LogP contribution is 2.33. The van der Waals surface area contributed by atoms with Gasteiger partial charge in [0.1, 0.15) is 11.6 Å². The summed E-state index contributed by atoms with van der Waals surface area (Å²) in [4.78, 5) is 0. The zero-order valence-electron chi connectivity index (χ0n) is 9.55. The summed E-state index contributed by atoms with van der Waals surface area (Å²) >= 11 is 9.86. The van der Waals surface area contributed by atoms with Crippen molar-refractivity contribution in [2.75, 3.05) is 5.32 Å². The largest absolute Gasteiger partial charge is 0.506 e. The third-order valence-corrected chi connectivity index (χ3v) is 4.36. The Hall–Kier alpha value is -0.590. The molecule has 0 heterocycles. The summed E-state index contributed by atoms with van der Waals surface area (Å²) in [5.41, 5.74) is 1.79. The van der Waals surface area contributed by atoms with Crippen molar-refractivity contribution in [1.29, 1.82) is 0 Å². The topological polar surface area (TPSA) is 32.3 Å². The molecule has 2 N–H and O–H groups in total. The molecule has 0 fully saturated rings. The second kappa shape index (κ2) is 6.24. The summed E-state index contributed by atoms with van der Waals surface area (Å²) in [6.45, 7) is 0.557. The minimum atomic E-state index is -0.285. The van der Waals surface area contributed by atoms with Gasteiger partial charge in [0.15, 0.2) is 0 Å². The van der Waals surface area contributed by atoms with Crippen LogP contribution in [0.1, 0.15) is 5.56 Å². The van der Waals surface area contributed by atoms with Crippen LogP contribution >= 0.6 is 47.8 Å². The van der Waals surface area contributed by atoms with Crippen LogP contribution in [0.15, 0.2) is 43.7 Å². The average molecular weight is 454 g/mol. The Morgan fingerprint density at radius 1 is 1.00 bits per heavy atom. The summed E-state index contributed by atoms with van der Waals surface area (Å²) in [5.74, 6) is -0.112. The molecule has 0 bridgehead atoms. The van der Waals surface area contributed by atoms with Gasteiger partial charge in [-0.1, -0.05) is 0 Å². The summed E-state index contributed by atoms with van der Waals surface area (Å²) in [5, 5.41) is 12.8. The summed E-state index contributed by atoms with van der Waals surface area (Å²) < 4.78 is 14.9. The van der Waals surface area contributed by atoms with E-state index in [2.05, 4.69) is 53.1 Å². The number of hydrogen-bond acceptors (Lipinski definition) is 2. The van der Waals surface area contributed by atoms with Crippen molar-refractivity contribution in [2.24, 2.45) is 0 Å². The Bertz CT molecular complexity index is 596. The Morgan fingerprint density at radius 3 is 2.21 bits per heavy atom. The minimum absolute atomic E-state index is 0.173. The van der Waals surface area contributed by atoms with Crippen LogP contribution in [0.4, 0.5) is 10.1 Å². The molecule has 0 aromatic heterocycles. The average Bonchev–Trinajstić information content (AvgIpc) is 2.34. The number of nitrogens with one attached hydrogen (secondary N) is 1. The molecule has 0 atom stereocenters. The second-order valence-corrected chi connectivity index (χ2v) is 6.45. The maximum atomic E-state index is 13.0. The van der Waals surface area contributed by atoms with Gasteiger partial charge in [-0.25, -0.2) is 4.39 Å². The summed E-state index contributed by atoms with van der Waals surface area (Å²) in [7, 11) is 0. The van der Waals surface area contributed by atoms with E-state index in [0.717, 1.165) is 11.3 Å². The number of halogens is 4. The first kappa shape index (κ1) is 14.8. The lowest BCUT2D eigenvalue weighted by Gasteiger charge is -2.10. The van der Waals surface area contributed by atoms with Gasteiger partial charge in [-0.3, -0.25) is 0 Å². The van der Waals surface area contributed by atoms with Crippen LogP contribution in [-0.2, 0) is 6.54 Å². The number of anilines is 1. The molecule has 0 unspecified atom stereocenters. The third-order valence-electron chi connectivity index (χ3n) is 2.49. The molecular formula is C13H9Br3FNO. The van der Waals surface area contributed by atoms with Crippen LogP contribution < -0.4 is 5.32 Å². The highest BCUT2D eigenvalue weighted by atomic mass is 79.9. The van der Waals surface area contributed by atoms with Crippen LogP contribution in [-0.4, -0.2) is 5.11 Å². The van der Waals surface area contributed by atoms with Gasteiger partial charge < -0.3 is 10.4 Å². The molecule has 2 aromatic carbocycles. The maximum absolute atomic E-state index is 13.0. The number of rotatable bonds is 3. The highest BCUT2D eigenvalue weighted by Gasteiger charge is 2.07. The maximum Gasteiger partial charge on any atom is 0.143 e. The number of aromatic hydroxyl groups is 1. The predicted octanol–water partition coefficient (Wildman–Crippen LogP) is 5.43. The Morgan fingerprint density at radius 2 is 1.63 bits per heavy atom. The van der Waals surface area contributed by atoms with Crippen LogP contribution in [0.2, 0.25) is 0 Å². The predicted molar refractivity (Wildman–Crippen MR) is 84.9 cm³/mol. The van der Waals surface area contributed by atoms with Crippen LogP contribution in [0, 0.1) is 5.82 Å². The van der Waals surface area contributed by atoms with Gasteiger partial charge in [0.2, 0.25) is 0 Å². The summed E-state index contributed by atoms with van der Waals surface area (Å²) in [6, 6.07) is 8.12. The Labute approximate surface area is 135 Å². The van der Waals surface area contributed by atoms with Crippen molar-refractivity contribution in [2.45, 2.75) is 6.54 Å². The fourth-order valence-electron chi connectivity index (χ4n) is 1.55. The van der Waals surface area contributed by atoms with Crippen LogP contribution in [0.25, 0.3) is 0 Å². The first-order valence-corrected chi connectivity index (χ1v) is 7.71. The lowest BCUT2D eigenvalue weighted by atomic mass is 10.2. The van der Waals surface area contributed by atoms with Crippen LogP contribution in [0.5, 0.6) is 5.75 Å². The zero-order valence-corrected chi connectivity index (χ0v) is 14.3. The van der Waals surface area contributed by atoms with Crippen molar-refractivity contribution in [1.82, 2.24) is 0 Å². The molecule has 2 aromatic rings. The van der Waals surface area contributed by atoms with E-state index in [1.165, 1.54) is 12.1 Å². The normalized spacial score (nSPS) is 10.5. The molecule has 2 nitrogen and oxygen atoms in total. The molecule has 0 aliphatic rings.